The zero-order valence-corrected chi connectivity index (χ0v) is 44.9. The molecule has 66 heavy (non-hydrogen) atoms. The van der Waals surface area contributed by atoms with Crippen LogP contribution in [0.3, 0.4) is 0 Å². The molecular weight excluding hydrogens is 928 g/mol. The number of Topliss-reactive ketones (excluding diaryl/α,β-unsaturated/α-hetero) is 4. The van der Waals surface area contributed by atoms with Gasteiger partial charge in [0.05, 0.1) is 47.5 Å². The van der Waals surface area contributed by atoms with Crippen molar-refractivity contribution in [2.24, 2.45) is 25.9 Å². The number of nitrogens with zero attached hydrogens (tertiary/aromatic N) is 5. The maximum Gasteiger partial charge on any atom is 1.00 e. The van der Waals surface area contributed by atoms with Gasteiger partial charge in [0.15, 0.2) is 11.6 Å². The molecule has 348 valence electrons. The van der Waals surface area contributed by atoms with E-state index in [0.29, 0.717) is 38.1 Å². The largest absolute Gasteiger partial charge is 1.00 e. The number of aromatic nitrogens is 2. The van der Waals surface area contributed by atoms with Crippen molar-refractivity contribution < 1.29 is 175 Å². The molecule has 0 aliphatic carbocycles. The summed E-state index contributed by atoms with van der Waals surface area (Å²) >= 11 is 0. The number of hydrogen-bond acceptors (Lipinski definition) is 13. The molecule has 2 fully saturated rings. The summed E-state index contributed by atoms with van der Waals surface area (Å²) < 4.78 is 52.3. The quantitative estimate of drug-likeness (QED) is 0.0389. The Labute approximate surface area is 465 Å². The van der Waals surface area contributed by atoms with Crippen molar-refractivity contribution in [2.45, 2.75) is 31.9 Å². The molecule has 2 aliphatic rings. The van der Waals surface area contributed by atoms with Crippen molar-refractivity contribution in [3.8, 4) is 11.5 Å². The molecule has 4 aromatic rings. The van der Waals surface area contributed by atoms with E-state index in [1.807, 2.05) is 0 Å². The number of likely N-dealkylation sites (tertiary alicyclic amines) is 1. The first-order valence-electron chi connectivity index (χ1n) is 19.9. The normalized spacial score (nSPS) is 13.9. The number of fused-ring (bicyclic) bond motifs is 2. The summed E-state index contributed by atoms with van der Waals surface area (Å²) in [6, 6.07) is 6.54. The number of carbonyl (C=O) groups excluding carboxylic acids is 8. The van der Waals surface area contributed by atoms with E-state index in [-0.39, 0.29) is 171 Å². The van der Waals surface area contributed by atoms with Gasteiger partial charge in [-0.1, -0.05) is 0 Å². The van der Waals surface area contributed by atoms with Gasteiger partial charge in [-0.15, -0.1) is 0 Å². The molecule has 0 unspecified atom stereocenters. The third-order valence-electron chi connectivity index (χ3n) is 11.0. The number of amides is 3. The standard InChI is InChI=1S/C22H24F3N3O5.C20H25N3O4.CH2O3.2K.H/c1-26(2)20(31)19(30)15-11-27(3)16-10-17(33-4)14(9-13(15)16)18(29)12-5-7-28(8-6-12)21(32)22(23,24)25;1-22(2)20(26)19(25)15-11-23(3)16-10-17(27-4)14(9-13(15)16)18(24)12-5-7-21-8-6-12;2-1-4-3;;;/h9-12H,5-8H2,1-4H3;9-12,21H,5-8H2,1-4H3;1,3H;;;/q;;;2*+1;-1/p-1. The van der Waals surface area contributed by atoms with Crippen molar-refractivity contribution in [2.75, 3.05) is 68.6 Å². The van der Waals surface area contributed by atoms with Crippen LogP contribution in [0.2, 0.25) is 0 Å². The number of aryl methyl sites for hydroxylation is 2. The molecule has 0 radical (unpaired) electrons. The number of benzene rings is 2. The van der Waals surface area contributed by atoms with E-state index in [1.165, 1.54) is 45.5 Å². The Hall–Kier alpha value is -3.34. The molecule has 2 aliphatic heterocycles. The monoisotopic (exact) mass is 978 g/mol. The minimum Gasteiger partial charge on any atom is -1.00 e. The number of carbonyl (C=O) groups is 8. The van der Waals surface area contributed by atoms with Crippen molar-refractivity contribution in [3.05, 3.63) is 58.9 Å². The predicted molar refractivity (Wildman–Crippen MR) is 223 cm³/mol. The van der Waals surface area contributed by atoms with Gasteiger partial charge in [0.25, 0.3) is 29.9 Å². The van der Waals surface area contributed by atoms with Crippen LogP contribution in [0.15, 0.2) is 36.7 Å². The summed E-state index contributed by atoms with van der Waals surface area (Å²) in [5, 5.41) is 12.7. The topological polar surface area (TPSA) is 219 Å². The molecule has 23 heteroatoms. The Kier molecular flexibility index (Phi) is 23.0. The molecule has 0 spiro atoms. The Morgan fingerprint density at radius 2 is 1.06 bits per heavy atom. The molecule has 18 nitrogen and oxygen atoms in total. The molecule has 6 rings (SSSR count). The van der Waals surface area contributed by atoms with Gasteiger partial charge in [-0.25, -0.2) is 0 Å². The Morgan fingerprint density at radius 1 is 0.697 bits per heavy atom. The van der Waals surface area contributed by atoms with Crippen LogP contribution in [0.1, 0.15) is 68.5 Å². The van der Waals surface area contributed by atoms with Gasteiger partial charge in [-0.2, -0.15) is 13.2 Å². The van der Waals surface area contributed by atoms with Gasteiger partial charge in [-0.3, -0.25) is 38.4 Å². The fourth-order valence-corrected chi connectivity index (χ4v) is 7.59. The van der Waals surface area contributed by atoms with E-state index in [4.69, 9.17) is 19.5 Å². The van der Waals surface area contributed by atoms with Crippen LogP contribution in [-0.2, 0) is 38.2 Å². The molecule has 1 N–H and O–H groups in total. The van der Waals surface area contributed by atoms with Crippen LogP contribution in [-0.4, -0.2) is 146 Å². The SMILES string of the molecule is COc1cc2c(cc1C(=O)C1CCN(C(=O)C(F)(F)F)CC1)c(C(=O)C(=O)N(C)C)cn2C.COc1cc2c(cc1C(=O)C1CCNCC1)c(C(=O)C(=O)N(C)C)cn2C.O=CO[O-].[H-].[K+].[K+]. The molecule has 0 bridgehead atoms. The van der Waals surface area contributed by atoms with E-state index in [9.17, 15) is 46.7 Å². The van der Waals surface area contributed by atoms with Crippen molar-refractivity contribution in [1.82, 2.24) is 29.2 Å². The summed E-state index contributed by atoms with van der Waals surface area (Å²) in [5.41, 5.74) is 2.38. The summed E-state index contributed by atoms with van der Waals surface area (Å²) in [5.74, 6) is -4.80. The van der Waals surface area contributed by atoms with Gasteiger partial charge in [-0.05, 0) is 50.9 Å². The maximum atomic E-state index is 13.3. The average Bonchev–Trinajstić information content (AvgIpc) is 3.80. The molecule has 3 amide bonds. The summed E-state index contributed by atoms with van der Waals surface area (Å²) in [7, 11) is 12.4. The fraction of sp³-hybridized carbons (Fsp3) is 0.442. The first-order valence-corrected chi connectivity index (χ1v) is 19.9. The number of nitrogens with one attached hydrogen (secondary N) is 1. The fourth-order valence-electron chi connectivity index (χ4n) is 7.59. The van der Waals surface area contributed by atoms with Crippen LogP contribution >= 0.6 is 0 Å². The zero-order valence-electron chi connectivity index (χ0n) is 39.6. The van der Waals surface area contributed by atoms with E-state index in [2.05, 4.69) is 10.2 Å². The number of methoxy groups -OCH3 is 2. The van der Waals surface area contributed by atoms with Crippen LogP contribution in [0, 0.1) is 11.8 Å². The van der Waals surface area contributed by atoms with E-state index < -0.39 is 41.4 Å². The van der Waals surface area contributed by atoms with Crippen molar-refractivity contribution in [1.29, 1.82) is 0 Å². The Balaban J connectivity index is 0.000000604. The summed E-state index contributed by atoms with van der Waals surface area (Å²) in [6.07, 6.45) is -0.121. The number of likely N-dealkylation sites (N-methyl/N-ethyl adjacent to an activating group) is 2. The number of rotatable bonds is 11. The van der Waals surface area contributed by atoms with Crippen molar-refractivity contribution >= 4 is 69.1 Å². The molecular formula is C43H51F3K2N6O12. The van der Waals surface area contributed by atoms with Gasteiger partial charge in [0.2, 0.25) is 0 Å². The Morgan fingerprint density at radius 3 is 1.38 bits per heavy atom. The second-order valence-electron chi connectivity index (χ2n) is 15.5. The number of ketones is 4. The van der Waals surface area contributed by atoms with Gasteiger partial charge < -0.3 is 50.2 Å². The number of ether oxygens (including phenoxy) is 2. The predicted octanol–water partition coefficient (Wildman–Crippen LogP) is -3.36. The molecule has 2 aromatic heterocycles. The first kappa shape index (κ1) is 58.8. The number of hydrogen-bond donors (Lipinski definition) is 1. The van der Waals surface area contributed by atoms with Crippen LogP contribution in [0.5, 0.6) is 11.5 Å². The van der Waals surface area contributed by atoms with Crippen molar-refractivity contribution in [3.63, 3.8) is 0 Å². The minimum atomic E-state index is -4.95. The van der Waals surface area contributed by atoms with Crippen LogP contribution in [0.4, 0.5) is 13.2 Å². The van der Waals surface area contributed by atoms with E-state index >= 15 is 0 Å². The van der Waals surface area contributed by atoms with Crippen LogP contribution in [0.25, 0.3) is 21.8 Å². The third-order valence-corrected chi connectivity index (χ3v) is 11.0. The molecule has 0 atom stereocenters. The Bertz CT molecular complexity index is 2460. The number of halogens is 3. The van der Waals surface area contributed by atoms with Gasteiger partial charge >= 0.3 is 115 Å². The average molecular weight is 979 g/mol. The summed E-state index contributed by atoms with van der Waals surface area (Å²) in [4.78, 5) is 102. The molecule has 2 aromatic carbocycles. The molecule has 0 saturated carbocycles. The maximum absolute atomic E-state index is 13.3. The molecule has 2 saturated heterocycles. The van der Waals surface area contributed by atoms with Gasteiger partial charge in [0.1, 0.15) is 11.5 Å². The van der Waals surface area contributed by atoms with Gasteiger partial charge in [0, 0.05) is 103 Å². The molecule has 4 heterocycles. The van der Waals surface area contributed by atoms with Crippen LogP contribution < -0.4 is 123 Å². The van der Waals surface area contributed by atoms with E-state index in [0.717, 1.165) is 36.3 Å². The summed E-state index contributed by atoms with van der Waals surface area (Å²) in [6.45, 7) is 1.07. The second-order valence-corrected chi connectivity index (χ2v) is 15.5. The third kappa shape index (κ3) is 13.7. The van der Waals surface area contributed by atoms with E-state index in [1.54, 1.807) is 61.7 Å². The number of alkyl halides is 3. The second kappa shape index (κ2) is 25.9. The smallest absolute Gasteiger partial charge is 1.00 e. The zero-order chi connectivity index (χ0) is 47.8. The first-order chi connectivity index (χ1) is 30.1. The number of piperidine rings is 2. The minimum absolute atomic E-state index is 0.